The summed E-state index contributed by atoms with van der Waals surface area (Å²) in [5.74, 6) is -12.1. The lowest BCUT2D eigenvalue weighted by Crippen LogP contribution is -2.60. The Morgan fingerprint density at radius 1 is 0.401 bits per heavy atom. The lowest BCUT2D eigenvalue weighted by atomic mass is 9.48. The zero-order valence-corrected chi connectivity index (χ0v) is 83.3. The number of esters is 6. The molecule has 10 aromatic carbocycles. The van der Waals surface area contributed by atoms with Gasteiger partial charge in [-0.1, -0.05) is 141 Å². The van der Waals surface area contributed by atoms with Crippen molar-refractivity contribution in [3.8, 4) is 15.5 Å². The monoisotopic (exact) mass is 2190 g/mol. The molecule has 0 aliphatic heterocycles. The molecule has 8 fully saturated rings. The molecule has 8 aliphatic carbocycles. The number of thiophene rings is 2. The molecule has 7 atom stereocenters. The third kappa shape index (κ3) is 27.1. The van der Waals surface area contributed by atoms with Gasteiger partial charge in [0, 0.05) is 72.0 Å². The maximum atomic E-state index is 13.2. The zero-order valence-electron chi connectivity index (χ0n) is 76.3. The van der Waals surface area contributed by atoms with Gasteiger partial charge in [-0.3, -0.25) is 9.59 Å². The minimum absolute atomic E-state index is 0.0134. The Kier molecular flexibility index (Phi) is 33.6. The standard InChI is InChI=1S/2C18H23F3O7S.C18H14FS.2C18H13S.C14H12F3IO7S/c2*1-10(2)14(22)28-17-6-11-3-12(7-17)5-16(4-11,9-17)15(23)27-13(18(19,20)21)8-29(24,25)26;19-15-11-13-18(14-12-15)20(16-7-3-1-4-8-16)17-9-5-2-6-10-17;2*1-2-8-14(9-3-1)19-17-12-6-4-10-15(17)16-11-5-7-13-18(16)19;1-7(2)12(19)24-10-5-8(3-4-9(10)18)13(20)25-11(14(15,16)17)6-26(21,22)23/h2*11-13H,1,3-9H2,2H3,(H,24,25,26);1-14H;2*1-13H;3-5,11H,1,6H2,2H3,(H,21,22,23)/q;;3*+1;/p-3. The Balaban J connectivity index is 0.000000144. The molecule has 38 heteroatoms. The Morgan fingerprint density at radius 3 is 0.993 bits per heavy atom. The van der Waals surface area contributed by atoms with Gasteiger partial charge in [-0.2, -0.15) is 39.5 Å². The summed E-state index contributed by atoms with van der Waals surface area (Å²) in [5.41, 5.74) is -4.58. The normalized spacial score (nSPS) is 21.0. The van der Waals surface area contributed by atoms with Gasteiger partial charge in [-0.05, 0) is 271 Å². The van der Waals surface area contributed by atoms with Crippen LogP contribution in [0.1, 0.15) is 108 Å². The number of hydrogen-bond acceptors (Lipinski definition) is 21. The van der Waals surface area contributed by atoms with Crippen LogP contribution < -0.4 is 4.74 Å². The number of rotatable bonds is 23. The number of carbonyl (C=O) groups excluding carboxylic acids is 6. The summed E-state index contributed by atoms with van der Waals surface area (Å²) in [6.07, 6.45) is -20.1. The largest absolute Gasteiger partial charge is 0.748 e. The highest BCUT2D eigenvalue weighted by atomic mass is 127. The molecular weight excluding hydrogens is 2090 g/mol. The maximum absolute atomic E-state index is 13.2. The highest BCUT2D eigenvalue weighted by molar-refractivity contribution is 14.1. The van der Waals surface area contributed by atoms with Gasteiger partial charge >= 0.3 is 54.3 Å². The highest BCUT2D eigenvalue weighted by Crippen LogP contribution is 2.66. The van der Waals surface area contributed by atoms with Gasteiger partial charge in [0.1, 0.15) is 22.8 Å². The number of benzene rings is 10. The van der Waals surface area contributed by atoms with Crippen molar-refractivity contribution in [3.05, 3.63) is 312 Å². The van der Waals surface area contributed by atoms with Crippen molar-refractivity contribution in [2.75, 3.05) is 17.3 Å². The number of halogens is 11. The van der Waals surface area contributed by atoms with Gasteiger partial charge in [0.05, 0.1) is 78.5 Å². The number of alkyl halides is 9. The summed E-state index contributed by atoms with van der Waals surface area (Å²) in [5, 5.41) is 5.58. The van der Waals surface area contributed by atoms with Crippen LogP contribution in [0.4, 0.5) is 43.9 Å². The Morgan fingerprint density at radius 2 is 0.690 bits per heavy atom. The summed E-state index contributed by atoms with van der Waals surface area (Å²) >= 11 is 1.75. The second kappa shape index (κ2) is 44.2. The molecule has 7 unspecified atom stereocenters. The van der Waals surface area contributed by atoms with Crippen molar-refractivity contribution >= 4 is 161 Å². The van der Waals surface area contributed by atoms with E-state index in [1.54, 1.807) is 22.6 Å². The van der Waals surface area contributed by atoms with Crippen LogP contribution in [0.25, 0.3) is 50.1 Å². The van der Waals surface area contributed by atoms with Gasteiger partial charge in [0.15, 0.2) is 43.3 Å². The molecule has 2 heterocycles. The first-order chi connectivity index (χ1) is 66.7. The van der Waals surface area contributed by atoms with Crippen LogP contribution in [0.2, 0.25) is 0 Å². The highest BCUT2D eigenvalue weighted by Gasteiger charge is 2.66. The fourth-order valence-corrected chi connectivity index (χ4v) is 29.0. The molecular formula is C104H95F10IO21S6. The number of carbonyl (C=O) groups is 6. The van der Waals surface area contributed by atoms with E-state index in [1.807, 2.05) is 48.5 Å². The number of hydrogen-bond donors (Lipinski definition) is 0. The topological polar surface area (TPSA) is 329 Å². The number of ether oxygens (including phenoxy) is 6. The molecule has 0 saturated heterocycles. The van der Waals surface area contributed by atoms with Crippen LogP contribution >= 0.6 is 43.5 Å². The molecule has 8 bridgehead atoms. The van der Waals surface area contributed by atoms with E-state index in [1.165, 1.54) is 98.9 Å². The van der Waals surface area contributed by atoms with Crippen LogP contribution in [0.3, 0.4) is 0 Å². The SMILES string of the molecule is C=C(C)C(=O)OC12CC3CC(C1)CC(C(=O)OC(CS(=O)(=O)[O-])C(F)(F)F)(C3)C2.C=C(C)C(=O)OC12CC3CC(C1)CC(C(=O)OC(CS(=O)(=O)[O-])C(F)(F)F)(C3)C2.C=C(C)C(=O)Oc1cc(C(=O)OC(CS(=O)(=O)[O-])C(F)(F)F)ccc1I.Fc1ccc([S+](c2ccccc2)c2ccccc2)cc1.c1ccc(-[s+]2c3ccccc3c3ccccc32)cc1.c1ccc(-[s+]2c3ccccc3c3ccccc32)cc1. The van der Waals surface area contributed by atoms with E-state index in [0.717, 1.165) is 29.9 Å². The van der Waals surface area contributed by atoms with E-state index in [4.69, 9.17) is 14.2 Å². The minimum Gasteiger partial charge on any atom is -0.748 e. The van der Waals surface area contributed by atoms with Gasteiger partial charge in [0.25, 0.3) is 0 Å². The van der Waals surface area contributed by atoms with Crippen LogP contribution in [0.5, 0.6) is 5.75 Å². The van der Waals surface area contributed by atoms with E-state index < -0.39 is 148 Å². The van der Waals surface area contributed by atoms with E-state index in [9.17, 15) is 112 Å². The van der Waals surface area contributed by atoms with Crippen molar-refractivity contribution < 1.29 is 140 Å². The molecule has 0 amide bonds. The van der Waals surface area contributed by atoms with Gasteiger partial charge in [0.2, 0.25) is 18.3 Å². The average Bonchev–Trinajstić information content (AvgIpc) is 1.22. The second-order valence-corrected chi connectivity index (χ2v) is 47.6. The van der Waals surface area contributed by atoms with E-state index in [2.05, 4.69) is 216 Å². The molecule has 8 aliphatic rings. The summed E-state index contributed by atoms with van der Waals surface area (Å²) in [7, 11) is -15.9. The average molecular weight is 2190 g/mol. The summed E-state index contributed by atoms with van der Waals surface area (Å²) in [6.45, 7) is 14.7. The molecule has 750 valence electrons. The molecule has 2 aromatic heterocycles. The molecule has 142 heavy (non-hydrogen) atoms. The van der Waals surface area contributed by atoms with Crippen LogP contribution in [0, 0.1) is 43.9 Å². The number of fused-ring (bicyclic) bond motifs is 6. The van der Waals surface area contributed by atoms with Crippen LogP contribution in [0.15, 0.2) is 312 Å². The Hall–Kier alpha value is -11.2. The third-order valence-corrected chi connectivity index (χ3v) is 34.7. The van der Waals surface area contributed by atoms with E-state index in [0.29, 0.717) is 29.3 Å². The predicted octanol–water partition coefficient (Wildman–Crippen LogP) is 23.7. The van der Waals surface area contributed by atoms with Crippen molar-refractivity contribution in [3.63, 3.8) is 0 Å². The molecule has 21 nitrogen and oxygen atoms in total. The van der Waals surface area contributed by atoms with Crippen molar-refractivity contribution in [2.24, 2.45) is 34.5 Å². The summed E-state index contributed by atoms with van der Waals surface area (Å²) < 4.78 is 263. The fraction of sp³-hybridized carbons (Fsp3) is 0.308. The summed E-state index contributed by atoms with van der Waals surface area (Å²) in [4.78, 5) is 79.6. The summed E-state index contributed by atoms with van der Waals surface area (Å²) in [6, 6.07) is 87.6. The quantitative estimate of drug-likeness (QED) is 0.00839. The first kappa shape index (κ1) is 108. The van der Waals surface area contributed by atoms with Crippen LogP contribution in [-0.4, -0.2) is 140 Å². The van der Waals surface area contributed by atoms with Gasteiger partial charge in [-0.15, -0.1) is 0 Å². The Bertz CT molecular complexity index is 6610. The van der Waals surface area contributed by atoms with Crippen molar-refractivity contribution in [1.29, 1.82) is 0 Å². The fourth-order valence-electron chi connectivity index (χ4n) is 19.8. The molecule has 8 saturated carbocycles. The molecule has 12 aromatic rings. The molecule has 0 N–H and O–H groups in total. The minimum atomic E-state index is -5.30. The zero-order chi connectivity index (χ0) is 103. The van der Waals surface area contributed by atoms with Gasteiger partial charge in [-0.25, -0.2) is 48.8 Å². The first-order valence-corrected chi connectivity index (χ1v) is 53.8. The van der Waals surface area contributed by atoms with Crippen molar-refractivity contribution in [1.82, 2.24) is 0 Å². The first-order valence-electron chi connectivity index (χ1n) is 44.4. The van der Waals surface area contributed by atoms with E-state index in [-0.39, 0.29) is 122 Å². The third-order valence-electron chi connectivity index (χ3n) is 24.8. The Labute approximate surface area is 834 Å². The molecule has 0 spiro atoms. The second-order valence-electron chi connectivity index (χ2n) is 36.1. The lowest BCUT2D eigenvalue weighted by molar-refractivity contribution is -0.237. The predicted molar refractivity (Wildman–Crippen MR) is 524 cm³/mol. The maximum Gasteiger partial charge on any atom is 0.426 e. The van der Waals surface area contributed by atoms with Gasteiger partial charge < -0.3 is 42.1 Å². The lowest BCUT2D eigenvalue weighted by Gasteiger charge is -2.59. The van der Waals surface area contributed by atoms with E-state index >= 15 is 0 Å². The van der Waals surface area contributed by atoms with Crippen LogP contribution in [-0.2, 0) is 88.9 Å². The smallest absolute Gasteiger partial charge is 0.426 e. The molecule has 0 radical (unpaired) electrons. The molecule has 20 rings (SSSR count). The van der Waals surface area contributed by atoms with Crippen molar-refractivity contribution in [2.45, 2.75) is 161 Å².